The van der Waals surface area contributed by atoms with E-state index in [-0.39, 0.29) is 0 Å². The summed E-state index contributed by atoms with van der Waals surface area (Å²) in [6.07, 6.45) is 5.52. The van der Waals surface area contributed by atoms with Gasteiger partial charge in [0, 0.05) is 6.04 Å². The minimum Gasteiger partial charge on any atom is -0.309 e. The minimum atomic E-state index is 0.593. The first-order valence-electron chi connectivity index (χ1n) is 8.21. The van der Waals surface area contributed by atoms with Crippen molar-refractivity contribution in [3.05, 3.63) is 35.4 Å². The maximum Gasteiger partial charge on any atom is 0.0348 e. The highest BCUT2D eigenvalue weighted by Crippen LogP contribution is 2.41. The summed E-state index contributed by atoms with van der Waals surface area (Å²) in [7, 11) is 2.24. The second kappa shape index (κ2) is 6.28. The van der Waals surface area contributed by atoms with Crippen LogP contribution < -0.4 is 5.32 Å². The molecule has 2 heteroatoms. The summed E-state index contributed by atoms with van der Waals surface area (Å²) in [6.45, 7) is 5.90. The SMILES string of the molecule is Cc1ccc(C(NCC2CCN(C)CC2)C2CC2)cc1. The highest BCUT2D eigenvalue weighted by atomic mass is 15.1. The number of nitrogens with zero attached hydrogens (tertiary/aromatic N) is 1. The molecule has 20 heavy (non-hydrogen) atoms. The number of rotatable bonds is 5. The smallest absolute Gasteiger partial charge is 0.0348 e. The standard InChI is InChI=1S/C18H28N2/c1-14-3-5-16(6-4-14)18(17-7-8-17)19-13-15-9-11-20(2)12-10-15/h3-6,15,17-19H,7-13H2,1-2H3. The third kappa shape index (κ3) is 3.62. The molecule has 0 aromatic heterocycles. The zero-order chi connectivity index (χ0) is 13.9. The molecule has 0 bridgehead atoms. The molecule has 1 aliphatic heterocycles. The van der Waals surface area contributed by atoms with Gasteiger partial charge in [-0.3, -0.25) is 0 Å². The van der Waals surface area contributed by atoms with Crippen LogP contribution in [0.4, 0.5) is 0 Å². The lowest BCUT2D eigenvalue weighted by Crippen LogP contribution is -2.36. The molecule has 2 aliphatic rings. The third-order valence-corrected chi connectivity index (χ3v) is 4.99. The van der Waals surface area contributed by atoms with Crippen LogP contribution in [0.3, 0.4) is 0 Å². The fourth-order valence-corrected chi connectivity index (χ4v) is 3.32. The average Bonchev–Trinajstić information content (AvgIpc) is 3.28. The molecule has 2 nitrogen and oxygen atoms in total. The summed E-state index contributed by atoms with van der Waals surface area (Å²) in [5, 5.41) is 3.88. The van der Waals surface area contributed by atoms with Crippen molar-refractivity contribution in [2.24, 2.45) is 11.8 Å². The molecular weight excluding hydrogens is 244 g/mol. The quantitative estimate of drug-likeness (QED) is 0.884. The topological polar surface area (TPSA) is 15.3 Å². The maximum absolute atomic E-state index is 3.88. The van der Waals surface area contributed by atoms with E-state index in [0.717, 1.165) is 11.8 Å². The van der Waals surface area contributed by atoms with Crippen molar-refractivity contribution in [3.63, 3.8) is 0 Å². The van der Waals surface area contributed by atoms with Crippen molar-refractivity contribution in [2.75, 3.05) is 26.7 Å². The average molecular weight is 272 g/mol. The highest BCUT2D eigenvalue weighted by Gasteiger charge is 2.32. The second-order valence-electron chi connectivity index (χ2n) is 6.88. The van der Waals surface area contributed by atoms with Gasteiger partial charge in [0.2, 0.25) is 0 Å². The fraction of sp³-hybridized carbons (Fsp3) is 0.667. The summed E-state index contributed by atoms with van der Waals surface area (Å²) in [4.78, 5) is 2.45. The van der Waals surface area contributed by atoms with E-state index in [1.807, 2.05) is 0 Å². The fourth-order valence-electron chi connectivity index (χ4n) is 3.32. The van der Waals surface area contributed by atoms with Gasteiger partial charge in [0.1, 0.15) is 0 Å². The van der Waals surface area contributed by atoms with Crippen LogP contribution in [-0.2, 0) is 0 Å². The van der Waals surface area contributed by atoms with Gasteiger partial charge in [0.25, 0.3) is 0 Å². The zero-order valence-electron chi connectivity index (χ0n) is 12.9. The first-order valence-corrected chi connectivity index (χ1v) is 8.21. The summed E-state index contributed by atoms with van der Waals surface area (Å²) in [5.41, 5.74) is 2.85. The van der Waals surface area contributed by atoms with Gasteiger partial charge in [0.05, 0.1) is 0 Å². The molecule has 110 valence electrons. The number of aryl methyl sites for hydroxylation is 1. The van der Waals surface area contributed by atoms with Gasteiger partial charge in [-0.05, 0) is 76.7 Å². The minimum absolute atomic E-state index is 0.593. The Morgan fingerprint density at radius 2 is 1.75 bits per heavy atom. The molecule has 1 unspecified atom stereocenters. The van der Waals surface area contributed by atoms with E-state index in [9.17, 15) is 0 Å². The van der Waals surface area contributed by atoms with Gasteiger partial charge in [0.15, 0.2) is 0 Å². The summed E-state index contributed by atoms with van der Waals surface area (Å²) in [6, 6.07) is 9.74. The van der Waals surface area contributed by atoms with Crippen LogP contribution in [0.15, 0.2) is 24.3 Å². The van der Waals surface area contributed by atoms with Gasteiger partial charge in [-0.1, -0.05) is 29.8 Å². The molecule has 2 fully saturated rings. The Hall–Kier alpha value is -0.860. The lowest BCUT2D eigenvalue weighted by Gasteiger charge is -2.30. The van der Waals surface area contributed by atoms with Crippen molar-refractivity contribution in [2.45, 2.75) is 38.6 Å². The van der Waals surface area contributed by atoms with Crippen molar-refractivity contribution in [1.29, 1.82) is 0 Å². The molecule has 1 aromatic carbocycles. The maximum atomic E-state index is 3.88. The van der Waals surface area contributed by atoms with Crippen LogP contribution in [0.25, 0.3) is 0 Å². The number of hydrogen-bond donors (Lipinski definition) is 1. The summed E-state index contributed by atoms with van der Waals surface area (Å²) in [5.74, 6) is 1.75. The predicted octanol–water partition coefficient (Wildman–Crippen LogP) is 3.38. The Labute approximate surface area is 123 Å². The number of likely N-dealkylation sites (tertiary alicyclic amines) is 1. The monoisotopic (exact) mass is 272 g/mol. The van der Waals surface area contributed by atoms with E-state index in [4.69, 9.17) is 0 Å². The normalized spacial score (nSPS) is 22.9. The van der Waals surface area contributed by atoms with Crippen molar-refractivity contribution in [1.82, 2.24) is 10.2 Å². The molecule has 0 spiro atoms. The molecular formula is C18H28N2. The number of piperidine rings is 1. The van der Waals surface area contributed by atoms with Crippen LogP contribution in [-0.4, -0.2) is 31.6 Å². The van der Waals surface area contributed by atoms with Gasteiger partial charge in [-0.15, -0.1) is 0 Å². The molecule has 0 amide bonds. The molecule has 0 radical (unpaired) electrons. The Bertz CT molecular complexity index is 414. The van der Waals surface area contributed by atoms with Crippen molar-refractivity contribution in [3.8, 4) is 0 Å². The predicted molar refractivity (Wildman–Crippen MR) is 84.9 cm³/mol. The Kier molecular flexibility index (Phi) is 4.42. The van der Waals surface area contributed by atoms with Crippen molar-refractivity contribution >= 4 is 0 Å². The Balaban J connectivity index is 1.56. The second-order valence-corrected chi connectivity index (χ2v) is 6.88. The Morgan fingerprint density at radius 3 is 2.35 bits per heavy atom. The van der Waals surface area contributed by atoms with Crippen molar-refractivity contribution < 1.29 is 0 Å². The van der Waals surface area contributed by atoms with Crippen LogP contribution in [0, 0.1) is 18.8 Å². The highest BCUT2D eigenvalue weighted by molar-refractivity contribution is 5.25. The molecule has 1 heterocycles. The molecule has 1 aliphatic carbocycles. The third-order valence-electron chi connectivity index (χ3n) is 4.99. The van der Waals surface area contributed by atoms with E-state index in [0.29, 0.717) is 6.04 Å². The molecule has 3 rings (SSSR count). The molecule has 1 N–H and O–H groups in total. The van der Waals surface area contributed by atoms with Crippen LogP contribution >= 0.6 is 0 Å². The largest absolute Gasteiger partial charge is 0.309 e. The summed E-state index contributed by atoms with van der Waals surface area (Å²) < 4.78 is 0. The number of hydrogen-bond acceptors (Lipinski definition) is 2. The first-order chi connectivity index (χ1) is 9.72. The van der Waals surface area contributed by atoms with Crippen LogP contribution in [0.2, 0.25) is 0 Å². The van der Waals surface area contributed by atoms with E-state index in [2.05, 4.69) is 48.5 Å². The zero-order valence-corrected chi connectivity index (χ0v) is 12.9. The first kappa shape index (κ1) is 14.1. The molecule has 1 saturated heterocycles. The van der Waals surface area contributed by atoms with Gasteiger partial charge in [-0.2, -0.15) is 0 Å². The number of benzene rings is 1. The number of nitrogens with one attached hydrogen (secondary N) is 1. The Morgan fingerprint density at radius 1 is 1.10 bits per heavy atom. The lowest BCUT2D eigenvalue weighted by atomic mass is 9.95. The van der Waals surface area contributed by atoms with Crippen LogP contribution in [0.1, 0.15) is 42.9 Å². The molecule has 1 aromatic rings. The van der Waals surface area contributed by atoms with E-state index < -0.39 is 0 Å². The molecule has 1 atom stereocenters. The molecule has 1 saturated carbocycles. The van der Waals surface area contributed by atoms with Gasteiger partial charge in [-0.25, -0.2) is 0 Å². The van der Waals surface area contributed by atoms with Crippen LogP contribution in [0.5, 0.6) is 0 Å². The van der Waals surface area contributed by atoms with Gasteiger partial charge >= 0.3 is 0 Å². The van der Waals surface area contributed by atoms with Gasteiger partial charge < -0.3 is 10.2 Å². The van der Waals surface area contributed by atoms with E-state index in [1.54, 1.807) is 0 Å². The van der Waals surface area contributed by atoms with E-state index in [1.165, 1.54) is 56.4 Å². The van der Waals surface area contributed by atoms with E-state index >= 15 is 0 Å². The summed E-state index contributed by atoms with van der Waals surface area (Å²) >= 11 is 0. The lowest BCUT2D eigenvalue weighted by molar-refractivity contribution is 0.211.